The molecule has 0 radical (unpaired) electrons. The van der Waals surface area contributed by atoms with E-state index in [-0.39, 0.29) is 0 Å². The normalized spacial score (nSPS) is 20.2. The molecule has 0 fully saturated rings. The molecule has 1 aliphatic heterocycles. The summed E-state index contributed by atoms with van der Waals surface area (Å²) in [5.74, 6) is 2.94. The van der Waals surface area contributed by atoms with Gasteiger partial charge in [-0.15, -0.1) is 0 Å². The second kappa shape index (κ2) is 6.65. The van der Waals surface area contributed by atoms with Gasteiger partial charge in [-0.2, -0.15) is 0 Å². The fourth-order valence-electron chi connectivity index (χ4n) is 2.11. The van der Waals surface area contributed by atoms with Crippen LogP contribution >= 0.6 is 15.9 Å². The van der Waals surface area contributed by atoms with Gasteiger partial charge in [0.1, 0.15) is 0 Å². The lowest BCUT2D eigenvalue weighted by atomic mass is 10.0. The van der Waals surface area contributed by atoms with Crippen LogP contribution in [0.5, 0.6) is 11.5 Å². The zero-order chi connectivity index (χ0) is 13.8. The van der Waals surface area contributed by atoms with Crippen molar-refractivity contribution in [1.29, 1.82) is 0 Å². The van der Waals surface area contributed by atoms with Crippen LogP contribution in [-0.4, -0.2) is 13.2 Å². The Morgan fingerprint density at radius 1 is 1.16 bits per heavy atom. The fourth-order valence-corrected chi connectivity index (χ4v) is 2.66. The molecular formula is C16H23BrO2. The number of halogens is 1. The zero-order valence-electron chi connectivity index (χ0n) is 12.0. The third-order valence-corrected chi connectivity index (χ3v) is 4.36. The summed E-state index contributed by atoms with van der Waals surface area (Å²) < 4.78 is 11.6. The molecule has 2 nitrogen and oxygen atoms in total. The van der Waals surface area contributed by atoms with E-state index in [0.29, 0.717) is 10.7 Å². The predicted molar refractivity (Wildman–Crippen MR) is 82.3 cm³/mol. The van der Waals surface area contributed by atoms with Crippen molar-refractivity contribution in [1.82, 2.24) is 0 Å². The van der Waals surface area contributed by atoms with Gasteiger partial charge >= 0.3 is 0 Å². The minimum atomic E-state index is 0.393. The van der Waals surface area contributed by atoms with Crippen molar-refractivity contribution in [2.75, 3.05) is 13.2 Å². The second-order valence-electron chi connectivity index (χ2n) is 5.87. The van der Waals surface area contributed by atoms with Gasteiger partial charge in [-0.25, -0.2) is 0 Å². The van der Waals surface area contributed by atoms with E-state index in [9.17, 15) is 0 Å². The van der Waals surface area contributed by atoms with Crippen molar-refractivity contribution < 1.29 is 9.47 Å². The van der Waals surface area contributed by atoms with Crippen LogP contribution < -0.4 is 9.47 Å². The Hall–Kier alpha value is -0.700. The van der Waals surface area contributed by atoms with E-state index in [0.717, 1.165) is 37.1 Å². The van der Waals surface area contributed by atoms with Crippen molar-refractivity contribution in [3.8, 4) is 11.5 Å². The molecule has 0 aromatic heterocycles. The summed E-state index contributed by atoms with van der Waals surface area (Å²) in [4.78, 5) is 0.393. The Kier molecular flexibility index (Phi) is 5.14. The van der Waals surface area contributed by atoms with Gasteiger partial charge in [-0.05, 0) is 36.5 Å². The molecule has 2 rings (SSSR count). The Morgan fingerprint density at radius 3 is 2.53 bits per heavy atom. The summed E-state index contributed by atoms with van der Waals surface area (Å²) >= 11 is 3.78. The van der Waals surface area contributed by atoms with Gasteiger partial charge < -0.3 is 9.47 Å². The topological polar surface area (TPSA) is 18.5 Å². The third-order valence-electron chi connectivity index (χ3n) is 3.37. The van der Waals surface area contributed by atoms with Gasteiger partial charge in [0.05, 0.1) is 13.2 Å². The minimum absolute atomic E-state index is 0.393. The number of ether oxygens (including phenoxy) is 2. The van der Waals surface area contributed by atoms with E-state index < -0.39 is 0 Å². The summed E-state index contributed by atoms with van der Waals surface area (Å²) in [6.07, 6.45) is 2.37. The maximum absolute atomic E-state index is 5.83. The number of rotatable bonds is 4. The van der Waals surface area contributed by atoms with Gasteiger partial charge in [0.25, 0.3) is 0 Å². The first-order chi connectivity index (χ1) is 9.06. The molecular weight excluding hydrogens is 304 g/mol. The number of alkyl halides is 1. The highest BCUT2D eigenvalue weighted by Crippen LogP contribution is 2.37. The second-order valence-corrected chi connectivity index (χ2v) is 6.98. The standard InChI is InChI=1S/C16H23BrO2/c1-11(2)4-6-14(17)13-5-7-15-16(8-13)19-10-12(3)9-18-15/h5,7-8,11-12,14H,4,6,9-10H2,1-3H3. The molecule has 1 aromatic rings. The largest absolute Gasteiger partial charge is 0.489 e. The van der Waals surface area contributed by atoms with E-state index in [1.54, 1.807) is 0 Å². The van der Waals surface area contributed by atoms with Crippen LogP contribution in [0.1, 0.15) is 44.0 Å². The first-order valence-electron chi connectivity index (χ1n) is 7.10. The van der Waals surface area contributed by atoms with E-state index in [1.165, 1.54) is 12.0 Å². The van der Waals surface area contributed by atoms with Crippen molar-refractivity contribution in [2.24, 2.45) is 11.8 Å². The molecule has 1 aromatic carbocycles. The lowest BCUT2D eigenvalue weighted by molar-refractivity contribution is 0.228. The summed E-state index contributed by atoms with van der Waals surface area (Å²) in [6.45, 7) is 8.12. The van der Waals surface area contributed by atoms with E-state index >= 15 is 0 Å². The predicted octanol–water partition coefficient (Wildman–Crippen LogP) is 4.97. The summed E-state index contributed by atoms with van der Waals surface area (Å²) in [7, 11) is 0. The van der Waals surface area contributed by atoms with Crippen LogP contribution in [0.3, 0.4) is 0 Å². The monoisotopic (exact) mass is 326 g/mol. The molecule has 0 saturated heterocycles. The summed E-state index contributed by atoms with van der Waals surface area (Å²) in [5.41, 5.74) is 1.28. The number of fused-ring (bicyclic) bond motifs is 1. The molecule has 3 heteroatoms. The average molecular weight is 327 g/mol. The van der Waals surface area contributed by atoms with Gasteiger partial charge in [0.2, 0.25) is 0 Å². The highest BCUT2D eigenvalue weighted by atomic mass is 79.9. The van der Waals surface area contributed by atoms with Gasteiger partial charge in [-0.1, -0.05) is 42.8 Å². The maximum Gasteiger partial charge on any atom is 0.161 e. The lowest BCUT2D eigenvalue weighted by Crippen LogP contribution is -2.12. The molecule has 2 atom stereocenters. The fraction of sp³-hybridized carbons (Fsp3) is 0.625. The van der Waals surface area contributed by atoms with Crippen LogP contribution in [0.2, 0.25) is 0 Å². The maximum atomic E-state index is 5.83. The van der Waals surface area contributed by atoms with Crippen LogP contribution in [0.15, 0.2) is 18.2 Å². The Morgan fingerprint density at radius 2 is 1.84 bits per heavy atom. The van der Waals surface area contributed by atoms with Gasteiger partial charge in [-0.3, -0.25) is 0 Å². The van der Waals surface area contributed by atoms with Crippen LogP contribution in [0, 0.1) is 11.8 Å². The van der Waals surface area contributed by atoms with E-state index in [4.69, 9.17) is 9.47 Å². The SMILES string of the molecule is CC(C)CCC(Br)c1ccc2c(c1)OCC(C)CO2. The van der Waals surface area contributed by atoms with E-state index in [2.05, 4.69) is 48.8 Å². The molecule has 0 spiro atoms. The van der Waals surface area contributed by atoms with Crippen LogP contribution in [0.4, 0.5) is 0 Å². The van der Waals surface area contributed by atoms with E-state index in [1.807, 2.05) is 6.07 Å². The zero-order valence-corrected chi connectivity index (χ0v) is 13.6. The van der Waals surface area contributed by atoms with Gasteiger partial charge in [0, 0.05) is 10.7 Å². The Bertz CT molecular complexity index is 417. The molecule has 0 amide bonds. The lowest BCUT2D eigenvalue weighted by Gasteiger charge is -2.14. The van der Waals surface area contributed by atoms with Gasteiger partial charge in [0.15, 0.2) is 11.5 Å². The Balaban J connectivity index is 2.08. The summed E-state index contributed by atoms with van der Waals surface area (Å²) in [5, 5.41) is 0. The first kappa shape index (κ1) is 14.7. The van der Waals surface area contributed by atoms with Crippen molar-refractivity contribution in [3.05, 3.63) is 23.8 Å². The summed E-state index contributed by atoms with van der Waals surface area (Å²) in [6, 6.07) is 6.29. The molecule has 1 heterocycles. The molecule has 0 aliphatic carbocycles. The van der Waals surface area contributed by atoms with Crippen molar-refractivity contribution >= 4 is 15.9 Å². The highest BCUT2D eigenvalue weighted by Gasteiger charge is 2.17. The van der Waals surface area contributed by atoms with Crippen molar-refractivity contribution in [2.45, 2.75) is 38.4 Å². The van der Waals surface area contributed by atoms with Crippen LogP contribution in [0.25, 0.3) is 0 Å². The smallest absolute Gasteiger partial charge is 0.161 e. The molecule has 0 N–H and O–H groups in total. The molecule has 1 aliphatic rings. The highest BCUT2D eigenvalue weighted by molar-refractivity contribution is 9.09. The molecule has 2 unspecified atom stereocenters. The van der Waals surface area contributed by atoms with Crippen molar-refractivity contribution in [3.63, 3.8) is 0 Å². The number of hydrogen-bond acceptors (Lipinski definition) is 2. The quantitative estimate of drug-likeness (QED) is 0.727. The number of hydrogen-bond donors (Lipinski definition) is 0. The first-order valence-corrected chi connectivity index (χ1v) is 8.01. The molecule has 106 valence electrons. The number of benzene rings is 1. The third kappa shape index (κ3) is 4.13. The average Bonchev–Trinajstić information content (AvgIpc) is 2.58. The molecule has 19 heavy (non-hydrogen) atoms. The molecule has 0 saturated carbocycles. The van der Waals surface area contributed by atoms with Crippen LogP contribution in [-0.2, 0) is 0 Å². The Labute approximate surface area is 124 Å². The minimum Gasteiger partial charge on any atom is -0.489 e. The molecule has 0 bridgehead atoms.